The monoisotopic (exact) mass is 177 g/mol. The predicted octanol–water partition coefficient (Wildman–Crippen LogP) is 2.32. The molecule has 3 heteroatoms. The minimum atomic E-state index is 0.752. The lowest BCUT2D eigenvalue weighted by molar-refractivity contribution is 0.539. The highest BCUT2D eigenvalue weighted by Crippen LogP contribution is 2.09. The SMILES string of the molecule is CC.S=C(S)N1CCCC1. The smallest absolute Gasteiger partial charge is 0.133 e. The maximum absolute atomic E-state index is 4.85. The van der Waals surface area contributed by atoms with Gasteiger partial charge in [0.2, 0.25) is 0 Å². The molecule has 0 aliphatic carbocycles. The molecule has 60 valence electrons. The van der Waals surface area contributed by atoms with Crippen LogP contribution in [0.4, 0.5) is 0 Å². The van der Waals surface area contributed by atoms with Crippen LogP contribution in [0.15, 0.2) is 0 Å². The van der Waals surface area contributed by atoms with Gasteiger partial charge in [-0.15, -0.1) is 12.6 Å². The first-order valence-electron chi connectivity index (χ1n) is 3.78. The maximum atomic E-state index is 4.85. The van der Waals surface area contributed by atoms with E-state index in [-0.39, 0.29) is 0 Å². The highest BCUT2D eigenvalue weighted by Gasteiger charge is 2.10. The highest BCUT2D eigenvalue weighted by atomic mass is 32.1. The highest BCUT2D eigenvalue weighted by molar-refractivity contribution is 8.10. The summed E-state index contributed by atoms with van der Waals surface area (Å²) in [6, 6.07) is 0. The number of hydrogen-bond acceptors (Lipinski definition) is 1. The molecule has 0 N–H and O–H groups in total. The van der Waals surface area contributed by atoms with Crippen molar-refractivity contribution in [1.82, 2.24) is 4.90 Å². The van der Waals surface area contributed by atoms with Crippen LogP contribution in [0.25, 0.3) is 0 Å². The number of hydrogen-bond donors (Lipinski definition) is 1. The molecule has 0 aromatic carbocycles. The van der Waals surface area contributed by atoms with Crippen LogP contribution in [0.1, 0.15) is 26.7 Å². The lowest BCUT2D eigenvalue weighted by atomic mass is 10.4. The third-order valence-electron chi connectivity index (χ3n) is 1.38. The largest absolute Gasteiger partial charge is 0.358 e. The van der Waals surface area contributed by atoms with Crippen molar-refractivity contribution >= 4 is 29.2 Å². The van der Waals surface area contributed by atoms with E-state index in [9.17, 15) is 0 Å². The van der Waals surface area contributed by atoms with Gasteiger partial charge in [-0.2, -0.15) is 0 Å². The number of rotatable bonds is 0. The molecule has 1 saturated heterocycles. The van der Waals surface area contributed by atoms with Crippen LogP contribution in [0, 0.1) is 0 Å². The maximum Gasteiger partial charge on any atom is 0.133 e. The zero-order chi connectivity index (χ0) is 7.98. The van der Waals surface area contributed by atoms with Crippen molar-refractivity contribution in [3.05, 3.63) is 0 Å². The first kappa shape index (κ1) is 10.2. The van der Waals surface area contributed by atoms with Gasteiger partial charge in [0.15, 0.2) is 0 Å². The number of thiol groups is 1. The summed E-state index contributed by atoms with van der Waals surface area (Å²) in [7, 11) is 0. The van der Waals surface area contributed by atoms with Crippen LogP contribution < -0.4 is 0 Å². The zero-order valence-corrected chi connectivity index (χ0v) is 8.34. The lowest BCUT2D eigenvalue weighted by Crippen LogP contribution is -2.20. The third-order valence-corrected chi connectivity index (χ3v) is 1.92. The van der Waals surface area contributed by atoms with E-state index in [1.807, 2.05) is 13.8 Å². The van der Waals surface area contributed by atoms with Gasteiger partial charge in [0.05, 0.1) is 0 Å². The van der Waals surface area contributed by atoms with Crippen molar-refractivity contribution in [2.75, 3.05) is 13.1 Å². The van der Waals surface area contributed by atoms with Crippen molar-refractivity contribution in [3.8, 4) is 0 Å². The van der Waals surface area contributed by atoms with E-state index in [0.717, 1.165) is 17.4 Å². The van der Waals surface area contributed by atoms with Gasteiger partial charge in [-0.3, -0.25) is 0 Å². The Morgan fingerprint density at radius 2 is 1.70 bits per heavy atom. The minimum Gasteiger partial charge on any atom is -0.358 e. The van der Waals surface area contributed by atoms with Crippen molar-refractivity contribution in [2.45, 2.75) is 26.7 Å². The minimum absolute atomic E-state index is 0.752. The Balaban J connectivity index is 0.000000371. The molecule has 10 heavy (non-hydrogen) atoms. The van der Waals surface area contributed by atoms with Gasteiger partial charge >= 0.3 is 0 Å². The zero-order valence-electron chi connectivity index (χ0n) is 6.63. The fourth-order valence-corrected chi connectivity index (χ4v) is 1.29. The fraction of sp³-hybridized carbons (Fsp3) is 0.857. The third kappa shape index (κ3) is 3.42. The molecule has 1 nitrogen and oxygen atoms in total. The van der Waals surface area contributed by atoms with Gasteiger partial charge in [0, 0.05) is 13.1 Å². The Kier molecular flexibility index (Phi) is 6.13. The lowest BCUT2D eigenvalue weighted by Gasteiger charge is -2.12. The Hall–Kier alpha value is 0.240. The standard InChI is InChI=1S/C5H9NS2.C2H6/c7-5(8)6-3-1-2-4-6;1-2/h1-4H2,(H,7,8);1-2H3. The normalized spacial score (nSPS) is 16.1. The molecule has 1 rings (SSSR count). The van der Waals surface area contributed by atoms with Crippen LogP contribution in [0.3, 0.4) is 0 Å². The van der Waals surface area contributed by atoms with Crippen LogP contribution >= 0.6 is 24.8 Å². The second-order valence-electron chi connectivity index (χ2n) is 1.98. The fourth-order valence-electron chi connectivity index (χ4n) is 0.908. The molecule has 1 fully saturated rings. The average molecular weight is 177 g/mol. The molecular weight excluding hydrogens is 162 g/mol. The van der Waals surface area contributed by atoms with Gasteiger partial charge in [-0.25, -0.2) is 0 Å². The summed E-state index contributed by atoms with van der Waals surface area (Å²) in [6.45, 7) is 6.23. The number of nitrogens with zero attached hydrogens (tertiary/aromatic N) is 1. The van der Waals surface area contributed by atoms with Gasteiger partial charge in [0.1, 0.15) is 4.32 Å². The molecule has 1 heterocycles. The van der Waals surface area contributed by atoms with E-state index in [0.29, 0.717) is 0 Å². The quantitative estimate of drug-likeness (QED) is 0.447. The van der Waals surface area contributed by atoms with Crippen molar-refractivity contribution in [2.24, 2.45) is 0 Å². The molecule has 0 radical (unpaired) electrons. The average Bonchev–Trinajstić information content (AvgIpc) is 2.42. The first-order chi connectivity index (χ1) is 4.80. The summed E-state index contributed by atoms with van der Waals surface area (Å²) in [5, 5.41) is 0. The molecule has 0 atom stereocenters. The summed E-state index contributed by atoms with van der Waals surface area (Å²) in [5.41, 5.74) is 0. The summed E-state index contributed by atoms with van der Waals surface area (Å²) < 4.78 is 0.752. The molecule has 0 aromatic heterocycles. The predicted molar refractivity (Wildman–Crippen MR) is 53.7 cm³/mol. The second-order valence-corrected chi connectivity index (χ2v) is 3.09. The second kappa shape index (κ2) is 5.98. The molecule has 0 unspecified atom stereocenters. The van der Waals surface area contributed by atoms with E-state index in [2.05, 4.69) is 17.5 Å². The topological polar surface area (TPSA) is 3.24 Å². The van der Waals surface area contributed by atoms with E-state index in [1.165, 1.54) is 12.8 Å². The Bertz CT molecular complexity index is 97.8. The van der Waals surface area contributed by atoms with Gasteiger partial charge < -0.3 is 4.90 Å². The molecule has 0 saturated carbocycles. The molecule has 1 aliphatic heterocycles. The van der Waals surface area contributed by atoms with E-state index in [1.54, 1.807) is 0 Å². The van der Waals surface area contributed by atoms with Gasteiger partial charge in [-0.1, -0.05) is 26.1 Å². The van der Waals surface area contributed by atoms with E-state index < -0.39 is 0 Å². The van der Waals surface area contributed by atoms with E-state index >= 15 is 0 Å². The van der Waals surface area contributed by atoms with Crippen LogP contribution in [0.5, 0.6) is 0 Å². The van der Waals surface area contributed by atoms with Gasteiger partial charge in [0.25, 0.3) is 0 Å². The molecule has 0 spiro atoms. The van der Waals surface area contributed by atoms with Gasteiger partial charge in [-0.05, 0) is 12.8 Å². The summed E-state index contributed by atoms with van der Waals surface area (Å²) in [6.07, 6.45) is 2.56. The summed E-state index contributed by atoms with van der Waals surface area (Å²) >= 11 is 8.90. The Labute approximate surface area is 74.2 Å². The molecule has 0 bridgehead atoms. The van der Waals surface area contributed by atoms with E-state index in [4.69, 9.17) is 12.2 Å². The first-order valence-corrected chi connectivity index (χ1v) is 4.64. The number of likely N-dealkylation sites (tertiary alicyclic amines) is 1. The summed E-state index contributed by atoms with van der Waals surface area (Å²) in [4.78, 5) is 2.12. The Morgan fingerprint density at radius 3 is 1.90 bits per heavy atom. The Morgan fingerprint density at radius 1 is 1.30 bits per heavy atom. The van der Waals surface area contributed by atoms with Crippen molar-refractivity contribution in [3.63, 3.8) is 0 Å². The molecular formula is C7H15NS2. The van der Waals surface area contributed by atoms with Crippen LogP contribution in [0.2, 0.25) is 0 Å². The number of thiocarbonyl (C=S) groups is 1. The van der Waals surface area contributed by atoms with Crippen molar-refractivity contribution < 1.29 is 0 Å². The van der Waals surface area contributed by atoms with Crippen LogP contribution in [-0.2, 0) is 0 Å². The molecule has 0 amide bonds. The van der Waals surface area contributed by atoms with Crippen LogP contribution in [-0.4, -0.2) is 22.3 Å². The molecule has 1 aliphatic rings. The van der Waals surface area contributed by atoms with Crippen molar-refractivity contribution in [1.29, 1.82) is 0 Å². The summed E-state index contributed by atoms with van der Waals surface area (Å²) in [5.74, 6) is 0. The molecule has 0 aromatic rings.